The van der Waals surface area contributed by atoms with Gasteiger partial charge in [0.1, 0.15) is 5.71 Å². The van der Waals surface area contributed by atoms with E-state index >= 15 is 0 Å². The largest absolute Gasteiger partial charge is 0.416 e. The quantitative estimate of drug-likeness (QED) is 0.715. The second-order valence-electron chi connectivity index (χ2n) is 5.17. The first-order valence-electron chi connectivity index (χ1n) is 6.74. The summed E-state index contributed by atoms with van der Waals surface area (Å²) < 4.78 is 38.5. The molecule has 1 amide bonds. The Morgan fingerprint density at radius 2 is 1.75 bits per heavy atom. The molecule has 0 aromatic heterocycles. The van der Waals surface area contributed by atoms with Crippen LogP contribution in [0.3, 0.4) is 0 Å². The van der Waals surface area contributed by atoms with Crippen LogP contribution in [0.5, 0.6) is 0 Å². The van der Waals surface area contributed by atoms with Crippen molar-refractivity contribution in [2.75, 3.05) is 5.32 Å². The molecule has 1 aliphatic rings. The van der Waals surface area contributed by atoms with Crippen molar-refractivity contribution in [1.82, 2.24) is 0 Å². The molecule has 0 unspecified atom stereocenters. The monoisotopic (exact) mass is 372 g/mol. The van der Waals surface area contributed by atoms with E-state index in [1.807, 2.05) is 0 Å². The van der Waals surface area contributed by atoms with Crippen molar-refractivity contribution in [3.8, 4) is 0 Å². The van der Waals surface area contributed by atoms with Crippen molar-refractivity contribution in [3.05, 3.63) is 57.1 Å². The molecule has 1 N–H and O–H groups in total. The molecular formula is C16H9Cl2F3N2O. The van der Waals surface area contributed by atoms with Gasteiger partial charge in [-0.1, -0.05) is 23.2 Å². The van der Waals surface area contributed by atoms with E-state index in [9.17, 15) is 18.0 Å². The zero-order valence-corrected chi connectivity index (χ0v) is 13.6. The van der Waals surface area contributed by atoms with Crippen LogP contribution in [0.2, 0.25) is 10.0 Å². The van der Waals surface area contributed by atoms with Crippen LogP contribution in [0.25, 0.3) is 0 Å². The Morgan fingerprint density at radius 3 is 2.42 bits per heavy atom. The Balaban J connectivity index is 2.14. The molecule has 3 nitrogen and oxygen atoms in total. The highest BCUT2D eigenvalue weighted by molar-refractivity contribution is 6.54. The maximum Gasteiger partial charge on any atom is 0.416 e. The Kier molecular flexibility index (Phi) is 4.05. The van der Waals surface area contributed by atoms with Crippen LogP contribution in [0.4, 0.5) is 24.5 Å². The number of nitrogens with one attached hydrogen (secondary N) is 1. The van der Waals surface area contributed by atoms with Gasteiger partial charge >= 0.3 is 6.18 Å². The van der Waals surface area contributed by atoms with E-state index in [4.69, 9.17) is 23.2 Å². The van der Waals surface area contributed by atoms with Gasteiger partial charge in [0.15, 0.2) is 0 Å². The van der Waals surface area contributed by atoms with E-state index in [2.05, 4.69) is 10.3 Å². The summed E-state index contributed by atoms with van der Waals surface area (Å²) in [4.78, 5) is 16.2. The van der Waals surface area contributed by atoms with Crippen LogP contribution in [-0.4, -0.2) is 11.6 Å². The number of amides is 1. The van der Waals surface area contributed by atoms with E-state index in [0.29, 0.717) is 21.8 Å². The highest BCUT2D eigenvalue weighted by Crippen LogP contribution is 2.37. The summed E-state index contributed by atoms with van der Waals surface area (Å²) in [6.07, 6.45) is -4.53. The SMILES string of the molecule is Cc1c(Cl)ccc2c1NC(=O)C2=Nc1cc(C(F)(F)F)ccc1Cl. The molecule has 0 fully saturated rings. The van der Waals surface area contributed by atoms with Gasteiger partial charge in [0, 0.05) is 10.6 Å². The number of alkyl halides is 3. The summed E-state index contributed by atoms with van der Waals surface area (Å²) in [5.74, 6) is -0.524. The van der Waals surface area contributed by atoms with Crippen LogP contribution in [0.15, 0.2) is 35.3 Å². The van der Waals surface area contributed by atoms with E-state index in [1.165, 1.54) is 0 Å². The predicted molar refractivity (Wildman–Crippen MR) is 87.5 cm³/mol. The third-order valence-electron chi connectivity index (χ3n) is 3.61. The van der Waals surface area contributed by atoms with Crippen molar-refractivity contribution in [1.29, 1.82) is 0 Å². The number of carbonyl (C=O) groups is 1. The lowest BCUT2D eigenvalue weighted by Crippen LogP contribution is -2.14. The zero-order chi connectivity index (χ0) is 17.6. The predicted octanol–water partition coefficient (Wildman–Crippen LogP) is 5.39. The number of benzene rings is 2. The molecule has 0 saturated carbocycles. The van der Waals surface area contributed by atoms with E-state index in [1.54, 1.807) is 19.1 Å². The van der Waals surface area contributed by atoms with Crippen LogP contribution in [0, 0.1) is 6.92 Å². The molecule has 0 aliphatic carbocycles. The summed E-state index contributed by atoms with van der Waals surface area (Å²) in [5, 5.41) is 3.10. The van der Waals surface area contributed by atoms with Crippen LogP contribution >= 0.6 is 23.2 Å². The molecule has 2 aromatic carbocycles. The number of aliphatic imine (C=N–C) groups is 1. The van der Waals surface area contributed by atoms with Crippen molar-refractivity contribution in [3.63, 3.8) is 0 Å². The van der Waals surface area contributed by atoms with Crippen LogP contribution in [0.1, 0.15) is 16.7 Å². The van der Waals surface area contributed by atoms with E-state index in [-0.39, 0.29) is 16.4 Å². The number of carbonyl (C=O) groups excluding carboxylic acids is 1. The standard InChI is InChI=1S/C16H9Cl2F3N2O/c1-7-10(17)5-3-9-13(7)23-15(24)14(9)22-12-6-8(16(19,20)21)2-4-11(12)18/h2-6H,1H3,(H,22,23,24). The molecule has 0 radical (unpaired) electrons. The Morgan fingerprint density at radius 1 is 1.08 bits per heavy atom. The summed E-state index contributed by atoms with van der Waals surface area (Å²) in [6, 6.07) is 5.95. The molecule has 3 rings (SSSR count). The average Bonchev–Trinajstić information content (AvgIpc) is 2.81. The van der Waals surface area contributed by atoms with Crippen molar-refractivity contribution in [2.45, 2.75) is 13.1 Å². The number of rotatable bonds is 1. The smallest absolute Gasteiger partial charge is 0.320 e. The molecule has 1 aliphatic heterocycles. The zero-order valence-electron chi connectivity index (χ0n) is 12.1. The maximum absolute atomic E-state index is 12.8. The first kappa shape index (κ1) is 16.8. The topological polar surface area (TPSA) is 41.5 Å². The molecule has 24 heavy (non-hydrogen) atoms. The molecule has 0 spiro atoms. The van der Waals surface area contributed by atoms with E-state index < -0.39 is 17.6 Å². The normalized spacial score (nSPS) is 15.6. The highest BCUT2D eigenvalue weighted by Gasteiger charge is 2.32. The first-order chi connectivity index (χ1) is 11.2. The lowest BCUT2D eigenvalue weighted by molar-refractivity contribution is -0.137. The van der Waals surface area contributed by atoms with Gasteiger partial charge in [0.25, 0.3) is 5.91 Å². The summed E-state index contributed by atoms with van der Waals surface area (Å²) in [6.45, 7) is 1.72. The minimum atomic E-state index is -4.53. The fourth-order valence-corrected chi connectivity index (χ4v) is 2.66. The molecular weight excluding hydrogens is 364 g/mol. The Labute approximate surface area is 145 Å². The van der Waals surface area contributed by atoms with Crippen molar-refractivity contribution in [2.24, 2.45) is 4.99 Å². The third kappa shape index (κ3) is 2.87. The third-order valence-corrected chi connectivity index (χ3v) is 4.34. The lowest BCUT2D eigenvalue weighted by atomic mass is 10.1. The van der Waals surface area contributed by atoms with Gasteiger partial charge in [-0.3, -0.25) is 4.79 Å². The number of hydrogen-bond donors (Lipinski definition) is 1. The van der Waals surface area contributed by atoms with Gasteiger partial charge in [-0.25, -0.2) is 4.99 Å². The molecule has 1 heterocycles. The van der Waals surface area contributed by atoms with Crippen molar-refractivity contribution < 1.29 is 18.0 Å². The van der Waals surface area contributed by atoms with Gasteiger partial charge in [-0.15, -0.1) is 0 Å². The number of anilines is 1. The number of hydrogen-bond acceptors (Lipinski definition) is 2. The minimum Gasteiger partial charge on any atom is -0.320 e. The Hall–Kier alpha value is -2.05. The number of nitrogens with zero attached hydrogens (tertiary/aromatic N) is 1. The molecule has 0 saturated heterocycles. The molecule has 0 bridgehead atoms. The second-order valence-corrected chi connectivity index (χ2v) is 5.99. The van der Waals surface area contributed by atoms with Gasteiger partial charge in [0.05, 0.1) is 22.0 Å². The summed E-state index contributed by atoms with van der Waals surface area (Å²) in [7, 11) is 0. The number of halogens is 5. The Bertz CT molecular complexity index is 892. The highest BCUT2D eigenvalue weighted by atomic mass is 35.5. The fourth-order valence-electron chi connectivity index (χ4n) is 2.35. The van der Waals surface area contributed by atoms with Crippen LogP contribution < -0.4 is 5.32 Å². The first-order valence-corrected chi connectivity index (χ1v) is 7.50. The molecule has 0 atom stereocenters. The maximum atomic E-state index is 12.8. The van der Waals surface area contributed by atoms with Gasteiger partial charge < -0.3 is 5.32 Å². The second kappa shape index (κ2) is 5.79. The summed E-state index contributed by atoms with van der Waals surface area (Å²) >= 11 is 11.9. The van der Waals surface area contributed by atoms with Gasteiger partial charge in [-0.05, 0) is 42.8 Å². The number of fused-ring (bicyclic) bond motifs is 1. The van der Waals surface area contributed by atoms with Gasteiger partial charge in [0.2, 0.25) is 0 Å². The van der Waals surface area contributed by atoms with Crippen molar-refractivity contribution >= 4 is 46.2 Å². The average molecular weight is 373 g/mol. The molecule has 8 heteroatoms. The minimum absolute atomic E-state index is 0.00834. The van der Waals surface area contributed by atoms with Crippen LogP contribution in [-0.2, 0) is 11.0 Å². The molecule has 2 aromatic rings. The lowest BCUT2D eigenvalue weighted by Gasteiger charge is -2.08. The van der Waals surface area contributed by atoms with Gasteiger partial charge in [-0.2, -0.15) is 13.2 Å². The summed E-state index contributed by atoms with van der Waals surface area (Å²) in [5.41, 5.74) is 0.591. The molecule has 124 valence electrons. The van der Waals surface area contributed by atoms with E-state index in [0.717, 1.165) is 18.2 Å². The fraction of sp³-hybridized carbons (Fsp3) is 0.125.